The van der Waals surface area contributed by atoms with Crippen LogP contribution >= 0.6 is 15.9 Å². The van der Waals surface area contributed by atoms with E-state index in [1.807, 2.05) is 24.3 Å². The lowest BCUT2D eigenvalue weighted by Crippen LogP contribution is -2.11. The van der Waals surface area contributed by atoms with Gasteiger partial charge < -0.3 is 0 Å². The standard InChI is InChI=1S/C32H38BrN3/c1-6-7-8-10-15-24-20-27(22(2)3)30(28(21-24)23(4)5)36-32(25-16-11-9-12-17-25)34-31(35-36)26-18-13-14-19-29(26)33/h9,11-14,16-23H,6-8,10,15H2,1-5H3. The Labute approximate surface area is 225 Å². The quantitative estimate of drug-likeness (QED) is 0.186. The molecule has 0 fully saturated rings. The van der Waals surface area contributed by atoms with E-state index in [9.17, 15) is 0 Å². The molecule has 3 aromatic carbocycles. The summed E-state index contributed by atoms with van der Waals surface area (Å²) in [7, 11) is 0. The van der Waals surface area contributed by atoms with Crippen LogP contribution in [0.2, 0.25) is 0 Å². The minimum Gasteiger partial charge on any atom is -0.212 e. The highest BCUT2D eigenvalue weighted by Gasteiger charge is 2.23. The van der Waals surface area contributed by atoms with Crippen molar-refractivity contribution < 1.29 is 0 Å². The lowest BCUT2D eigenvalue weighted by Gasteiger charge is -2.22. The molecule has 4 aromatic rings. The lowest BCUT2D eigenvalue weighted by molar-refractivity contribution is 0.664. The highest BCUT2D eigenvalue weighted by atomic mass is 79.9. The number of unbranched alkanes of at least 4 members (excludes halogenated alkanes) is 3. The molecule has 3 nitrogen and oxygen atoms in total. The van der Waals surface area contributed by atoms with Crippen molar-refractivity contribution in [1.82, 2.24) is 14.8 Å². The van der Waals surface area contributed by atoms with Crippen LogP contribution in [-0.4, -0.2) is 14.8 Å². The number of rotatable bonds is 10. The van der Waals surface area contributed by atoms with Crippen LogP contribution in [0.15, 0.2) is 71.2 Å². The minimum atomic E-state index is 0.368. The van der Waals surface area contributed by atoms with Gasteiger partial charge in [-0.2, -0.15) is 0 Å². The van der Waals surface area contributed by atoms with Gasteiger partial charge in [0.05, 0.1) is 5.69 Å². The Morgan fingerprint density at radius 3 is 2.06 bits per heavy atom. The van der Waals surface area contributed by atoms with Crippen molar-refractivity contribution in [3.05, 3.63) is 87.9 Å². The molecule has 0 radical (unpaired) electrons. The van der Waals surface area contributed by atoms with Crippen LogP contribution in [0.4, 0.5) is 0 Å². The van der Waals surface area contributed by atoms with Crippen LogP contribution in [-0.2, 0) is 6.42 Å². The van der Waals surface area contributed by atoms with E-state index in [1.54, 1.807) is 0 Å². The molecule has 0 aliphatic heterocycles. The van der Waals surface area contributed by atoms with Gasteiger partial charge >= 0.3 is 0 Å². The molecule has 0 N–H and O–H groups in total. The number of hydrogen-bond donors (Lipinski definition) is 0. The predicted molar refractivity (Wildman–Crippen MR) is 156 cm³/mol. The molecule has 4 rings (SSSR count). The topological polar surface area (TPSA) is 30.7 Å². The summed E-state index contributed by atoms with van der Waals surface area (Å²) in [6.07, 6.45) is 6.24. The largest absolute Gasteiger partial charge is 0.212 e. The van der Waals surface area contributed by atoms with E-state index >= 15 is 0 Å². The van der Waals surface area contributed by atoms with Gasteiger partial charge in [-0.3, -0.25) is 0 Å². The monoisotopic (exact) mass is 543 g/mol. The molecule has 4 heteroatoms. The summed E-state index contributed by atoms with van der Waals surface area (Å²) in [5.41, 5.74) is 7.37. The maximum Gasteiger partial charge on any atom is 0.183 e. The molecule has 0 aliphatic rings. The number of nitrogens with zero attached hydrogens (tertiary/aromatic N) is 3. The summed E-state index contributed by atoms with van der Waals surface area (Å²) < 4.78 is 3.10. The number of benzene rings is 3. The maximum atomic E-state index is 5.17. The van der Waals surface area contributed by atoms with E-state index in [0.29, 0.717) is 11.8 Å². The van der Waals surface area contributed by atoms with Gasteiger partial charge in [0.15, 0.2) is 11.6 Å². The molecule has 0 aliphatic carbocycles. The Hall–Kier alpha value is -2.72. The van der Waals surface area contributed by atoms with Gasteiger partial charge in [0.25, 0.3) is 0 Å². The van der Waals surface area contributed by atoms with Crippen molar-refractivity contribution in [2.24, 2.45) is 0 Å². The number of hydrogen-bond acceptors (Lipinski definition) is 2. The second-order valence-electron chi connectivity index (χ2n) is 10.3. The van der Waals surface area contributed by atoms with E-state index in [0.717, 1.165) is 33.7 Å². The summed E-state index contributed by atoms with van der Waals surface area (Å²) in [5.74, 6) is 2.34. The third-order valence-corrected chi connectivity index (χ3v) is 7.45. The minimum absolute atomic E-state index is 0.368. The van der Waals surface area contributed by atoms with Crippen LogP contribution in [0.25, 0.3) is 28.5 Å². The summed E-state index contributed by atoms with van der Waals surface area (Å²) in [5, 5.41) is 5.17. The van der Waals surface area contributed by atoms with Gasteiger partial charge in [-0.1, -0.05) is 124 Å². The Kier molecular flexibility index (Phi) is 8.79. The Balaban J connectivity index is 1.94. The zero-order chi connectivity index (χ0) is 25.7. The van der Waals surface area contributed by atoms with Crippen LogP contribution in [0, 0.1) is 0 Å². The molecule has 36 heavy (non-hydrogen) atoms. The first-order chi connectivity index (χ1) is 17.4. The van der Waals surface area contributed by atoms with E-state index in [-0.39, 0.29) is 0 Å². The number of aryl methyl sites for hydroxylation is 1. The average molecular weight is 545 g/mol. The van der Waals surface area contributed by atoms with E-state index in [1.165, 1.54) is 48.1 Å². The molecule has 0 unspecified atom stereocenters. The van der Waals surface area contributed by atoms with Gasteiger partial charge in [-0.05, 0) is 53.5 Å². The Morgan fingerprint density at radius 1 is 0.806 bits per heavy atom. The number of halogens is 1. The molecule has 188 valence electrons. The lowest BCUT2D eigenvalue weighted by atomic mass is 9.89. The average Bonchev–Trinajstić information content (AvgIpc) is 3.31. The first-order valence-corrected chi connectivity index (χ1v) is 14.1. The summed E-state index contributed by atoms with van der Waals surface area (Å²) in [6.45, 7) is 11.4. The molecule has 0 atom stereocenters. The molecular formula is C32H38BrN3. The highest BCUT2D eigenvalue weighted by Crippen LogP contribution is 2.37. The van der Waals surface area contributed by atoms with Crippen molar-refractivity contribution in [3.63, 3.8) is 0 Å². The molecule has 0 bridgehead atoms. The van der Waals surface area contributed by atoms with Gasteiger partial charge in [0.2, 0.25) is 0 Å². The zero-order valence-corrected chi connectivity index (χ0v) is 23.8. The molecular weight excluding hydrogens is 506 g/mol. The van der Waals surface area contributed by atoms with Crippen molar-refractivity contribution >= 4 is 15.9 Å². The summed E-state index contributed by atoms with van der Waals surface area (Å²) >= 11 is 3.71. The fourth-order valence-electron chi connectivity index (χ4n) is 4.77. The second-order valence-corrected chi connectivity index (χ2v) is 11.1. The number of aromatic nitrogens is 3. The van der Waals surface area contributed by atoms with Crippen LogP contribution in [0.1, 0.15) is 88.8 Å². The SMILES string of the molecule is CCCCCCc1cc(C(C)C)c(-n2nc(-c3ccccc3Br)nc2-c2ccccc2)c(C(C)C)c1. The first-order valence-electron chi connectivity index (χ1n) is 13.3. The Bertz CT molecular complexity index is 1260. The fraction of sp³-hybridized carbons (Fsp3) is 0.375. The molecule has 1 aromatic heterocycles. The normalized spacial score (nSPS) is 11.6. The zero-order valence-electron chi connectivity index (χ0n) is 22.3. The van der Waals surface area contributed by atoms with Crippen LogP contribution in [0.3, 0.4) is 0 Å². The Morgan fingerprint density at radius 2 is 1.44 bits per heavy atom. The van der Waals surface area contributed by atoms with Crippen molar-refractivity contribution in [2.45, 2.75) is 78.6 Å². The molecule has 0 saturated carbocycles. The second kappa shape index (κ2) is 12.0. The molecule has 1 heterocycles. The maximum absolute atomic E-state index is 5.17. The van der Waals surface area contributed by atoms with Crippen molar-refractivity contribution in [3.8, 4) is 28.5 Å². The van der Waals surface area contributed by atoms with Crippen LogP contribution in [0.5, 0.6) is 0 Å². The third-order valence-electron chi connectivity index (χ3n) is 6.76. The van der Waals surface area contributed by atoms with Crippen LogP contribution < -0.4 is 0 Å². The van der Waals surface area contributed by atoms with Gasteiger partial charge in [0, 0.05) is 15.6 Å². The van der Waals surface area contributed by atoms with Crippen molar-refractivity contribution in [1.29, 1.82) is 0 Å². The van der Waals surface area contributed by atoms with Crippen molar-refractivity contribution in [2.75, 3.05) is 0 Å². The molecule has 0 spiro atoms. The summed E-state index contributed by atoms with van der Waals surface area (Å²) in [4.78, 5) is 5.10. The predicted octanol–water partition coefficient (Wildman–Crippen LogP) is 9.73. The first kappa shape index (κ1) is 26.3. The third kappa shape index (κ3) is 5.81. The fourth-order valence-corrected chi connectivity index (χ4v) is 5.23. The smallest absolute Gasteiger partial charge is 0.183 e. The van der Waals surface area contributed by atoms with Gasteiger partial charge in [-0.15, -0.1) is 5.10 Å². The molecule has 0 amide bonds. The summed E-state index contributed by atoms with van der Waals surface area (Å²) in [6, 6.07) is 23.5. The van der Waals surface area contributed by atoms with Gasteiger partial charge in [-0.25, -0.2) is 9.67 Å². The molecule has 0 saturated heterocycles. The van der Waals surface area contributed by atoms with E-state index < -0.39 is 0 Å². The van der Waals surface area contributed by atoms with Gasteiger partial charge in [0.1, 0.15) is 0 Å². The highest BCUT2D eigenvalue weighted by molar-refractivity contribution is 9.10. The van der Waals surface area contributed by atoms with E-state index in [4.69, 9.17) is 10.1 Å². The van der Waals surface area contributed by atoms with E-state index in [2.05, 4.69) is 97.7 Å².